The fourth-order valence-electron chi connectivity index (χ4n) is 2.91. The van der Waals surface area contributed by atoms with Crippen molar-refractivity contribution >= 4 is 5.91 Å². The highest BCUT2D eigenvalue weighted by atomic mass is 16.2. The van der Waals surface area contributed by atoms with E-state index in [1.54, 1.807) is 12.1 Å². The lowest BCUT2D eigenvalue weighted by Crippen LogP contribution is -2.39. The SMILES string of the molecule is N#CCc1cccc(C(=O)N2CCCC[C@@H]2c2ncn[nH]2)c1. The number of nitriles is 1. The summed E-state index contributed by atoms with van der Waals surface area (Å²) in [6, 6.07) is 9.36. The predicted octanol–water partition coefficient (Wildman–Crippen LogP) is 2.24. The molecule has 2 heterocycles. The molecule has 1 saturated heterocycles. The largest absolute Gasteiger partial charge is 0.328 e. The molecule has 0 unspecified atom stereocenters. The van der Waals surface area contributed by atoms with Crippen molar-refractivity contribution in [3.8, 4) is 6.07 Å². The van der Waals surface area contributed by atoms with Gasteiger partial charge in [-0.3, -0.25) is 9.89 Å². The number of carbonyl (C=O) groups is 1. The van der Waals surface area contributed by atoms with Crippen molar-refractivity contribution in [2.24, 2.45) is 0 Å². The van der Waals surface area contributed by atoms with E-state index in [4.69, 9.17) is 5.26 Å². The zero-order valence-corrected chi connectivity index (χ0v) is 12.2. The van der Waals surface area contributed by atoms with Crippen molar-refractivity contribution in [2.45, 2.75) is 31.7 Å². The summed E-state index contributed by atoms with van der Waals surface area (Å²) in [4.78, 5) is 18.9. The Morgan fingerprint density at radius 2 is 2.36 bits per heavy atom. The average Bonchev–Trinajstić information content (AvgIpc) is 3.09. The molecule has 1 aromatic carbocycles. The van der Waals surface area contributed by atoms with Gasteiger partial charge in [0.15, 0.2) is 0 Å². The molecule has 1 fully saturated rings. The van der Waals surface area contributed by atoms with Crippen LogP contribution in [0.4, 0.5) is 0 Å². The molecule has 112 valence electrons. The minimum Gasteiger partial charge on any atom is -0.328 e. The van der Waals surface area contributed by atoms with E-state index in [0.29, 0.717) is 18.5 Å². The fraction of sp³-hybridized carbons (Fsp3) is 0.375. The number of piperidine rings is 1. The third kappa shape index (κ3) is 2.84. The molecule has 3 rings (SSSR count). The normalized spacial score (nSPS) is 18.0. The number of likely N-dealkylation sites (tertiary alicyclic amines) is 1. The van der Waals surface area contributed by atoms with E-state index < -0.39 is 0 Å². The molecule has 1 aliphatic rings. The van der Waals surface area contributed by atoms with Crippen molar-refractivity contribution < 1.29 is 4.79 Å². The summed E-state index contributed by atoms with van der Waals surface area (Å²) < 4.78 is 0. The molecule has 1 N–H and O–H groups in total. The number of nitrogens with one attached hydrogen (secondary N) is 1. The van der Waals surface area contributed by atoms with Crippen LogP contribution in [0.3, 0.4) is 0 Å². The average molecular weight is 295 g/mol. The van der Waals surface area contributed by atoms with Crippen molar-refractivity contribution in [3.05, 3.63) is 47.5 Å². The number of aromatic amines is 1. The smallest absolute Gasteiger partial charge is 0.254 e. The maximum absolute atomic E-state index is 12.8. The standard InChI is InChI=1S/C16H17N5O/c17-8-7-12-4-3-5-13(10-12)16(22)21-9-2-1-6-14(21)15-18-11-19-20-15/h3-5,10-11,14H,1-2,6-7,9H2,(H,18,19,20)/t14-/m1/s1. The van der Waals surface area contributed by atoms with Crippen LogP contribution in [0, 0.1) is 11.3 Å². The first-order valence-electron chi connectivity index (χ1n) is 7.41. The number of hydrogen-bond acceptors (Lipinski definition) is 4. The lowest BCUT2D eigenvalue weighted by Gasteiger charge is -2.34. The monoisotopic (exact) mass is 295 g/mol. The van der Waals surface area contributed by atoms with Gasteiger partial charge in [-0.05, 0) is 37.0 Å². The number of H-pyrrole nitrogens is 1. The molecule has 0 saturated carbocycles. The van der Waals surface area contributed by atoms with Gasteiger partial charge in [0.2, 0.25) is 0 Å². The van der Waals surface area contributed by atoms with Crippen LogP contribution in [-0.4, -0.2) is 32.5 Å². The molecular formula is C16H17N5O. The van der Waals surface area contributed by atoms with E-state index in [-0.39, 0.29) is 11.9 Å². The Labute approximate surface area is 128 Å². The third-order valence-electron chi connectivity index (χ3n) is 3.97. The first kappa shape index (κ1) is 14.3. The van der Waals surface area contributed by atoms with Gasteiger partial charge in [0.1, 0.15) is 12.2 Å². The summed E-state index contributed by atoms with van der Waals surface area (Å²) in [6.45, 7) is 0.715. The van der Waals surface area contributed by atoms with Gasteiger partial charge >= 0.3 is 0 Å². The quantitative estimate of drug-likeness (QED) is 0.941. The summed E-state index contributed by atoms with van der Waals surface area (Å²) >= 11 is 0. The Hall–Kier alpha value is -2.68. The van der Waals surface area contributed by atoms with Crippen LogP contribution in [0.1, 0.15) is 47.1 Å². The van der Waals surface area contributed by atoms with Crippen LogP contribution in [0.15, 0.2) is 30.6 Å². The Morgan fingerprint density at radius 3 is 3.14 bits per heavy atom. The predicted molar refractivity (Wildman–Crippen MR) is 79.8 cm³/mol. The van der Waals surface area contributed by atoms with Gasteiger partial charge in [-0.2, -0.15) is 10.4 Å². The van der Waals surface area contributed by atoms with E-state index in [0.717, 1.165) is 30.7 Å². The molecule has 1 aliphatic heterocycles. The highest BCUT2D eigenvalue weighted by molar-refractivity contribution is 5.94. The van der Waals surface area contributed by atoms with E-state index >= 15 is 0 Å². The van der Waals surface area contributed by atoms with Gasteiger partial charge in [0, 0.05) is 12.1 Å². The zero-order chi connectivity index (χ0) is 15.4. The first-order chi connectivity index (χ1) is 10.8. The molecule has 2 aromatic rings. The van der Waals surface area contributed by atoms with Crippen LogP contribution >= 0.6 is 0 Å². The lowest BCUT2D eigenvalue weighted by molar-refractivity contribution is 0.0600. The van der Waals surface area contributed by atoms with Gasteiger partial charge in [-0.15, -0.1) is 0 Å². The summed E-state index contributed by atoms with van der Waals surface area (Å²) in [5, 5.41) is 15.6. The summed E-state index contributed by atoms with van der Waals surface area (Å²) in [5.41, 5.74) is 1.49. The van der Waals surface area contributed by atoms with E-state index in [9.17, 15) is 4.79 Å². The number of carbonyl (C=O) groups excluding carboxylic acids is 1. The number of nitrogens with zero attached hydrogens (tertiary/aromatic N) is 4. The van der Waals surface area contributed by atoms with Crippen molar-refractivity contribution in [3.63, 3.8) is 0 Å². The van der Waals surface area contributed by atoms with Gasteiger partial charge in [-0.1, -0.05) is 12.1 Å². The topological polar surface area (TPSA) is 85.7 Å². The van der Waals surface area contributed by atoms with E-state index in [2.05, 4.69) is 21.3 Å². The molecule has 6 nitrogen and oxygen atoms in total. The van der Waals surface area contributed by atoms with Gasteiger partial charge in [0.25, 0.3) is 5.91 Å². The minimum absolute atomic E-state index is 0.0131. The molecule has 1 aromatic heterocycles. The number of rotatable bonds is 3. The van der Waals surface area contributed by atoms with Gasteiger partial charge < -0.3 is 4.90 Å². The third-order valence-corrected chi connectivity index (χ3v) is 3.97. The van der Waals surface area contributed by atoms with Crippen molar-refractivity contribution in [1.29, 1.82) is 5.26 Å². The second-order valence-corrected chi connectivity index (χ2v) is 5.42. The summed E-state index contributed by atoms with van der Waals surface area (Å²) in [5.74, 6) is 0.724. The number of benzene rings is 1. The molecule has 0 radical (unpaired) electrons. The number of amides is 1. The molecule has 0 bridgehead atoms. The van der Waals surface area contributed by atoms with Crippen LogP contribution in [-0.2, 0) is 6.42 Å². The lowest BCUT2D eigenvalue weighted by atomic mass is 9.99. The Balaban J connectivity index is 1.86. The van der Waals surface area contributed by atoms with E-state index in [1.165, 1.54) is 6.33 Å². The molecular weight excluding hydrogens is 278 g/mol. The summed E-state index contributed by atoms with van der Waals surface area (Å²) in [6.07, 6.45) is 4.74. The highest BCUT2D eigenvalue weighted by Crippen LogP contribution is 2.30. The van der Waals surface area contributed by atoms with Gasteiger partial charge in [-0.25, -0.2) is 4.98 Å². The fourth-order valence-corrected chi connectivity index (χ4v) is 2.91. The van der Waals surface area contributed by atoms with Crippen LogP contribution in [0.2, 0.25) is 0 Å². The Bertz CT molecular complexity index is 689. The molecule has 0 aliphatic carbocycles. The maximum Gasteiger partial charge on any atom is 0.254 e. The zero-order valence-electron chi connectivity index (χ0n) is 12.2. The molecule has 22 heavy (non-hydrogen) atoms. The van der Waals surface area contributed by atoms with Crippen LogP contribution < -0.4 is 0 Å². The second-order valence-electron chi connectivity index (χ2n) is 5.42. The van der Waals surface area contributed by atoms with E-state index in [1.807, 2.05) is 17.0 Å². The number of hydrogen-bond donors (Lipinski definition) is 1. The maximum atomic E-state index is 12.8. The number of aromatic nitrogens is 3. The Morgan fingerprint density at radius 1 is 1.45 bits per heavy atom. The van der Waals surface area contributed by atoms with Crippen molar-refractivity contribution in [2.75, 3.05) is 6.54 Å². The summed E-state index contributed by atoms with van der Waals surface area (Å²) in [7, 11) is 0. The molecule has 1 amide bonds. The van der Waals surface area contributed by atoms with Crippen LogP contribution in [0.5, 0.6) is 0 Å². The highest BCUT2D eigenvalue weighted by Gasteiger charge is 2.30. The molecule has 6 heteroatoms. The van der Waals surface area contributed by atoms with Crippen LogP contribution in [0.25, 0.3) is 0 Å². The molecule has 0 spiro atoms. The second kappa shape index (κ2) is 6.39. The Kier molecular flexibility index (Phi) is 4.15. The first-order valence-corrected chi connectivity index (χ1v) is 7.41. The van der Waals surface area contributed by atoms with Crippen molar-refractivity contribution in [1.82, 2.24) is 20.1 Å². The molecule has 1 atom stereocenters. The minimum atomic E-state index is -0.0524. The van der Waals surface area contributed by atoms with Gasteiger partial charge in [0.05, 0.1) is 18.5 Å².